The largest absolute Gasteiger partial charge is 0.465 e. The topological polar surface area (TPSA) is 52.6 Å². The van der Waals surface area contributed by atoms with E-state index >= 15 is 0 Å². The van der Waals surface area contributed by atoms with Gasteiger partial charge in [0.15, 0.2) is 0 Å². The highest BCUT2D eigenvalue weighted by molar-refractivity contribution is 5.97. The van der Waals surface area contributed by atoms with Gasteiger partial charge >= 0.3 is 5.97 Å². The summed E-state index contributed by atoms with van der Waals surface area (Å²) in [6, 6.07) is 0. The zero-order chi connectivity index (χ0) is 11.7. The van der Waals surface area contributed by atoms with Crippen LogP contribution in [0.25, 0.3) is 0 Å². The Hall–Kier alpha value is -0.900. The molecule has 0 saturated heterocycles. The molecule has 1 unspecified atom stereocenters. The Morgan fingerprint density at radius 1 is 1.20 bits per heavy atom. The third-order valence-electron chi connectivity index (χ3n) is 2.05. The van der Waals surface area contributed by atoms with Crippen molar-refractivity contribution in [3.63, 3.8) is 0 Å². The Balaban J connectivity index is 3.94. The normalized spacial score (nSPS) is 12.2. The fourth-order valence-electron chi connectivity index (χ4n) is 1.26. The predicted octanol–water partition coefficient (Wildman–Crippen LogP) is 1.57. The van der Waals surface area contributed by atoms with Crippen molar-refractivity contribution >= 4 is 11.8 Å². The number of esters is 1. The molecule has 0 bridgehead atoms. The van der Waals surface area contributed by atoms with E-state index in [0.717, 1.165) is 0 Å². The smallest absolute Gasteiger partial charge is 0.316 e. The minimum absolute atomic E-state index is 0.134. The fourth-order valence-corrected chi connectivity index (χ4v) is 1.26. The summed E-state index contributed by atoms with van der Waals surface area (Å²) < 4.78 is 9.96. The summed E-state index contributed by atoms with van der Waals surface area (Å²) in [4.78, 5) is 22.5. The number of carbonyl (C=O) groups excluding carboxylic acids is 2. The van der Waals surface area contributed by atoms with Gasteiger partial charge < -0.3 is 9.47 Å². The van der Waals surface area contributed by atoms with Gasteiger partial charge in [0, 0.05) is 13.2 Å². The molecule has 0 aliphatic heterocycles. The quantitative estimate of drug-likeness (QED) is 0.351. The molecular formula is C11H20O4. The van der Waals surface area contributed by atoms with Gasteiger partial charge in [-0.15, -0.1) is 0 Å². The molecule has 0 aromatic rings. The van der Waals surface area contributed by atoms with Crippen molar-refractivity contribution in [3.05, 3.63) is 0 Å². The van der Waals surface area contributed by atoms with Crippen LogP contribution in [0.4, 0.5) is 0 Å². The molecule has 4 nitrogen and oxygen atoms in total. The van der Waals surface area contributed by atoms with Gasteiger partial charge in [0.25, 0.3) is 0 Å². The third kappa shape index (κ3) is 6.23. The van der Waals surface area contributed by atoms with E-state index in [-0.39, 0.29) is 5.78 Å². The molecule has 0 radical (unpaired) electrons. The molecule has 88 valence electrons. The standard InChI is InChI=1S/C11H20O4/c1-4-14-8-6-7-10(9(3)12)11(13)15-5-2/h10H,4-8H2,1-3H3. The van der Waals surface area contributed by atoms with Crippen LogP contribution in [0.2, 0.25) is 0 Å². The molecule has 0 fully saturated rings. The minimum atomic E-state index is -0.620. The molecule has 0 rings (SSSR count). The summed E-state index contributed by atoms with van der Waals surface area (Å²) in [6.45, 7) is 6.61. The highest BCUT2D eigenvalue weighted by Gasteiger charge is 2.23. The SMILES string of the molecule is CCOCCCC(C(C)=O)C(=O)OCC. The maximum absolute atomic E-state index is 11.4. The van der Waals surface area contributed by atoms with Crippen molar-refractivity contribution < 1.29 is 19.1 Å². The monoisotopic (exact) mass is 216 g/mol. The second kappa shape index (κ2) is 8.41. The van der Waals surface area contributed by atoms with E-state index in [9.17, 15) is 9.59 Å². The molecule has 0 aromatic carbocycles. The number of carbonyl (C=O) groups is 2. The Morgan fingerprint density at radius 3 is 2.33 bits per heavy atom. The summed E-state index contributed by atoms with van der Waals surface area (Å²) >= 11 is 0. The van der Waals surface area contributed by atoms with Crippen LogP contribution in [0.3, 0.4) is 0 Å². The number of hydrogen-bond acceptors (Lipinski definition) is 4. The van der Waals surface area contributed by atoms with Gasteiger partial charge in [-0.3, -0.25) is 9.59 Å². The average molecular weight is 216 g/mol. The first-order valence-corrected chi connectivity index (χ1v) is 5.38. The minimum Gasteiger partial charge on any atom is -0.465 e. The van der Waals surface area contributed by atoms with E-state index in [1.165, 1.54) is 6.92 Å². The van der Waals surface area contributed by atoms with E-state index in [1.54, 1.807) is 6.92 Å². The summed E-state index contributed by atoms with van der Waals surface area (Å²) in [5, 5.41) is 0. The maximum atomic E-state index is 11.4. The number of ketones is 1. The highest BCUT2D eigenvalue weighted by atomic mass is 16.5. The van der Waals surface area contributed by atoms with Gasteiger partial charge in [-0.2, -0.15) is 0 Å². The van der Waals surface area contributed by atoms with Crippen molar-refractivity contribution in [2.75, 3.05) is 19.8 Å². The predicted molar refractivity (Wildman–Crippen MR) is 56.5 cm³/mol. The van der Waals surface area contributed by atoms with E-state index < -0.39 is 11.9 Å². The van der Waals surface area contributed by atoms with E-state index in [2.05, 4.69) is 0 Å². The van der Waals surface area contributed by atoms with Gasteiger partial charge in [0.2, 0.25) is 0 Å². The lowest BCUT2D eigenvalue weighted by molar-refractivity contribution is -0.151. The highest BCUT2D eigenvalue weighted by Crippen LogP contribution is 2.10. The van der Waals surface area contributed by atoms with Crippen molar-refractivity contribution in [3.8, 4) is 0 Å². The number of hydrogen-bond donors (Lipinski definition) is 0. The summed E-state index contributed by atoms with van der Waals surface area (Å²) in [7, 11) is 0. The van der Waals surface area contributed by atoms with E-state index in [0.29, 0.717) is 32.7 Å². The first-order valence-electron chi connectivity index (χ1n) is 5.38. The first-order chi connectivity index (χ1) is 7.13. The molecule has 4 heteroatoms. The van der Waals surface area contributed by atoms with Crippen LogP contribution < -0.4 is 0 Å². The van der Waals surface area contributed by atoms with Crippen LogP contribution in [-0.2, 0) is 19.1 Å². The first kappa shape index (κ1) is 14.1. The van der Waals surface area contributed by atoms with Crippen molar-refractivity contribution in [1.29, 1.82) is 0 Å². The molecule has 0 aromatic heterocycles. The molecule has 0 aliphatic carbocycles. The second-order valence-corrected chi connectivity index (χ2v) is 3.25. The summed E-state index contributed by atoms with van der Waals surface area (Å²) in [6.07, 6.45) is 1.21. The molecular weight excluding hydrogens is 196 g/mol. The van der Waals surface area contributed by atoms with Gasteiger partial charge in [-0.25, -0.2) is 0 Å². The molecule has 0 amide bonds. The lowest BCUT2D eigenvalue weighted by Gasteiger charge is -2.11. The lowest BCUT2D eigenvalue weighted by Crippen LogP contribution is -2.24. The van der Waals surface area contributed by atoms with E-state index in [4.69, 9.17) is 9.47 Å². The van der Waals surface area contributed by atoms with Crippen LogP contribution in [0.15, 0.2) is 0 Å². The Morgan fingerprint density at radius 2 is 1.87 bits per heavy atom. The summed E-state index contributed by atoms with van der Waals surface area (Å²) in [5.74, 6) is -1.17. The summed E-state index contributed by atoms with van der Waals surface area (Å²) in [5.41, 5.74) is 0. The number of rotatable bonds is 8. The molecule has 0 aliphatic rings. The molecule has 0 spiro atoms. The van der Waals surface area contributed by atoms with Crippen LogP contribution in [0.5, 0.6) is 0 Å². The third-order valence-corrected chi connectivity index (χ3v) is 2.05. The lowest BCUT2D eigenvalue weighted by atomic mass is 10.00. The van der Waals surface area contributed by atoms with Crippen LogP contribution in [0, 0.1) is 5.92 Å². The van der Waals surface area contributed by atoms with Crippen molar-refractivity contribution in [2.24, 2.45) is 5.92 Å². The van der Waals surface area contributed by atoms with Crippen molar-refractivity contribution in [1.82, 2.24) is 0 Å². The van der Waals surface area contributed by atoms with Gasteiger partial charge in [-0.1, -0.05) is 0 Å². The fraction of sp³-hybridized carbons (Fsp3) is 0.818. The molecule has 0 heterocycles. The van der Waals surface area contributed by atoms with Gasteiger partial charge in [0.05, 0.1) is 6.61 Å². The average Bonchev–Trinajstić information content (AvgIpc) is 2.17. The Kier molecular flexibility index (Phi) is 7.91. The molecule has 15 heavy (non-hydrogen) atoms. The molecule has 0 saturated carbocycles. The van der Waals surface area contributed by atoms with Crippen LogP contribution in [-0.4, -0.2) is 31.6 Å². The number of Topliss-reactive ketones (excluding diaryl/α,β-unsaturated/α-hetero) is 1. The zero-order valence-electron chi connectivity index (χ0n) is 9.75. The van der Waals surface area contributed by atoms with Gasteiger partial charge in [-0.05, 0) is 33.6 Å². The second-order valence-electron chi connectivity index (χ2n) is 3.25. The zero-order valence-corrected chi connectivity index (χ0v) is 9.75. The Bertz CT molecular complexity index is 201. The van der Waals surface area contributed by atoms with Crippen LogP contribution >= 0.6 is 0 Å². The maximum Gasteiger partial charge on any atom is 0.316 e. The Labute approximate surface area is 90.9 Å². The van der Waals surface area contributed by atoms with Crippen LogP contribution in [0.1, 0.15) is 33.6 Å². The van der Waals surface area contributed by atoms with Gasteiger partial charge in [0.1, 0.15) is 11.7 Å². The van der Waals surface area contributed by atoms with Crippen molar-refractivity contribution in [2.45, 2.75) is 33.6 Å². The number of ether oxygens (including phenoxy) is 2. The molecule has 0 N–H and O–H groups in total. The van der Waals surface area contributed by atoms with E-state index in [1.807, 2.05) is 6.92 Å². The molecule has 1 atom stereocenters.